The molecule has 3 N–H and O–H groups in total. The van der Waals surface area contributed by atoms with E-state index in [4.69, 9.17) is 5.73 Å². The van der Waals surface area contributed by atoms with Gasteiger partial charge in [0.05, 0.1) is 23.1 Å². The van der Waals surface area contributed by atoms with Crippen molar-refractivity contribution >= 4 is 5.91 Å². The number of carbonyl (C=O) groups is 1. The van der Waals surface area contributed by atoms with Crippen LogP contribution in [0, 0.1) is 11.7 Å². The van der Waals surface area contributed by atoms with Crippen LogP contribution in [0.3, 0.4) is 0 Å². The minimum Gasteiger partial charge on any atom is -0.352 e. The van der Waals surface area contributed by atoms with Gasteiger partial charge in [0.25, 0.3) is 5.91 Å². The lowest BCUT2D eigenvalue weighted by Crippen LogP contribution is -2.31. The maximum atomic E-state index is 13.0. The van der Waals surface area contributed by atoms with Crippen molar-refractivity contribution in [3.63, 3.8) is 0 Å². The fraction of sp³-hybridized carbons (Fsp3) is 0.375. The quantitative estimate of drug-likeness (QED) is 0.856. The Morgan fingerprint density at radius 3 is 2.68 bits per heavy atom. The smallest absolute Gasteiger partial charge is 0.254 e. The number of nitrogens with two attached hydrogens (primary N) is 1. The number of nitrogens with zero attached hydrogens (tertiary/aromatic N) is 2. The third kappa shape index (κ3) is 3.51. The number of halogens is 1. The van der Waals surface area contributed by atoms with Gasteiger partial charge in [0.1, 0.15) is 5.82 Å². The number of nitrogens with one attached hydrogen (secondary N) is 1. The number of carbonyl (C=O) groups excluding carboxylic acids is 1. The third-order valence-electron chi connectivity index (χ3n) is 3.53. The van der Waals surface area contributed by atoms with Gasteiger partial charge in [0.15, 0.2) is 0 Å². The number of amides is 1. The molecule has 0 aliphatic rings. The van der Waals surface area contributed by atoms with Crippen molar-refractivity contribution in [2.24, 2.45) is 11.7 Å². The SMILES string of the molecule is CCc1c(C(=O)NCC(C)CN)cnn1-c1ccc(F)cc1. The molecular weight excluding hydrogens is 283 g/mol. The van der Waals surface area contributed by atoms with E-state index in [1.807, 2.05) is 13.8 Å². The Morgan fingerprint density at radius 2 is 2.09 bits per heavy atom. The van der Waals surface area contributed by atoms with Gasteiger partial charge in [0.2, 0.25) is 0 Å². The minimum absolute atomic E-state index is 0.162. The van der Waals surface area contributed by atoms with Crippen molar-refractivity contribution in [2.45, 2.75) is 20.3 Å². The van der Waals surface area contributed by atoms with Crippen LogP contribution in [-0.2, 0) is 6.42 Å². The summed E-state index contributed by atoms with van der Waals surface area (Å²) in [6, 6.07) is 6.03. The number of aromatic nitrogens is 2. The van der Waals surface area contributed by atoms with Crippen molar-refractivity contribution in [2.75, 3.05) is 13.1 Å². The van der Waals surface area contributed by atoms with Gasteiger partial charge in [-0.15, -0.1) is 0 Å². The average molecular weight is 304 g/mol. The van der Waals surface area contributed by atoms with Gasteiger partial charge in [-0.1, -0.05) is 13.8 Å². The van der Waals surface area contributed by atoms with Crippen molar-refractivity contribution < 1.29 is 9.18 Å². The predicted octanol–water partition coefficient (Wildman–Crippen LogP) is 1.90. The molecule has 0 fully saturated rings. The van der Waals surface area contributed by atoms with Crippen molar-refractivity contribution in [3.05, 3.63) is 47.5 Å². The molecule has 0 saturated heterocycles. The fourth-order valence-electron chi connectivity index (χ4n) is 2.15. The second-order valence-electron chi connectivity index (χ2n) is 5.30. The Bertz CT molecular complexity index is 636. The zero-order valence-electron chi connectivity index (χ0n) is 12.8. The molecule has 6 heteroatoms. The highest BCUT2D eigenvalue weighted by Crippen LogP contribution is 2.16. The van der Waals surface area contributed by atoms with Crippen molar-refractivity contribution in [1.82, 2.24) is 15.1 Å². The summed E-state index contributed by atoms with van der Waals surface area (Å²) in [6.45, 7) is 4.98. The first-order valence-electron chi connectivity index (χ1n) is 7.37. The fourth-order valence-corrected chi connectivity index (χ4v) is 2.15. The molecule has 0 radical (unpaired) electrons. The summed E-state index contributed by atoms with van der Waals surface area (Å²) in [5, 5.41) is 7.13. The molecule has 118 valence electrons. The molecule has 0 saturated carbocycles. The predicted molar refractivity (Wildman–Crippen MR) is 83.5 cm³/mol. The lowest BCUT2D eigenvalue weighted by atomic mass is 10.1. The Kier molecular flexibility index (Phi) is 5.27. The number of rotatable bonds is 6. The first kappa shape index (κ1) is 16.2. The number of hydrogen-bond donors (Lipinski definition) is 2. The molecule has 0 aliphatic carbocycles. The van der Waals surface area contributed by atoms with Gasteiger partial charge in [-0.2, -0.15) is 5.10 Å². The maximum absolute atomic E-state index is 13.0. The van der Waals surface area contributed by atoms with E-state index in [0.717, 1.165) is 11.4 Å². The van der Waals surface area contributed by atoms with Crippen molar-refractivity contribution in [3.8, 4) is 5.69 Å². The second-order valence-corrected chi connectivity index (χ2v) is 5.30. The van der Waals surface area contributed by atoms with Crippen LogP contribution in [-0.4, -0.2) is 28.8 Å². The highest BCUT2D eigenvalue weighted by molar-refractivity contribution is 5.95. The van der Waals surface area contributed by atoms with E-state index in [1.165, 1.54) is 12.1 Å². The summed E-state index contributed by atoms with van der Waals surface area (Å²) in [7, 11) is 0. The molecule has 1 atom stereocenters. The van der Waals surface area contributed by atoms with Crippen LogP contribution in [0.5, 0.6) is 0 Å². The summed E-state index contributed by atoms with van der Waals surface area (Å²) < 4.78 is 14.7. The van der Waals surface area contributed by atoms with E-state index < -0.39 is 0 Å². The Labute approximate surface area is 129 Å². The standard InChI is InChI=1S/C16H21FN4O/c1-3-15-14(16(22)19-9-11(2)8-18)10-20-21(15)13-6-4-12(17)5-7-13/h4-7,10-11H,3,8-9,18H2,1-2H3,(H,19,22). The van der Waals surface area contributed by atoms with E-state index in [-0.39, 0.29) is 17.6 Å². The molecule has 2 aromatic rings. The summed E-state index contributed by atoms with van der Waals surface area (Å²) in [5.41, 5.74) is 7.61. The van der Waals surface area contributed by atoms with Crippen LogP contribution < -0.4 is 11.1 Å². The second kappa shape index (κ2) is 7.17. The Hall–Kier alpha value is -2.21. The largest absolute Gasteiger partial charge is 0.352 e. The maximum Gasteiger partial charge on any atom is 0.254 e. The molecule has 5 nitrogen and oxygen atoms in total. The molecule has 1 amide bonds. The molecular formula is C16H21FN4O. The van der Waals surface area contributed by atoms with E-state index >= 15 is 0 Å². The van der Waals surface area contributed by atoms with Crippen LogP contribution in [0.4, 0.5) is 4.39 Å². The molecule has 0 bridgehead atoms. The van der Waals surface area contributed by atoms with Gasteiger partial charge >= 0.3 is 0 Å². The van der Waals surface area contributed by atoms with E-state index in [9.17, 15) is 9.18 Å². The van der Waals surface area contributed by atoms with Crippen LogP contribution in [0.15, 0.2) is 30.5 Å². The molecule has 2 rings (SSSR count). The monoisotopic (exact) mass is 304 g/mol. The number of hydrogen-bond acceptors (Lipinski definition) is 3. The molecule has 1 aromatic carbocycles. The van der Waals surface area contributed by atoms with Gasteiger partial charge in [-0.25, -0.2) is 9.07 Å². The zero-order valence-corrected chi connectivity index (χ0v) is 12.8. The van der Waals surface area contributed by atoms with Crippen LogP contribution in [0.2, 0.25) is 0 Å². The molecule has 22 heavy (non-hydrogen) atoms. The highest BCUT2D eigenvalue weighted by atomic mass is 19.1. The highest BCUT2D eigenvalue weighted by Gasteiger charge is 2.17. The lowest BCUT2D eigenvalue weighted by molar-refractivity contribution is 0.0947. The minimum atomic E-state index is -0.303. The van der Waals surface area contributed by atoms with Crippen LogP contribution >= 0.6 is 0 Å². The zero-order chi connectivity index (χ0) is 16.1. The summed E-state index contributed by atoms with van der Waals surface area (Å²) >= 11 is 0. The van der Waals surface area contributed by atoms with E-state index in [1.54, 1.807) is 23.0 Å². The number of benzene rings is 1. The summed E-state index contributed by atoms with van der Waals surface area (Å²) in [5.74, 6) is -0.241. The Morgan fingerprint density at radius 1 is 1.41 bits per heavy atom. The topological polar surface area (TPSA) is 72.9 Å². The lowest BCUT2D eigenvalue weighted by Gasteiger charge is -2.11. The van der Waals surface area contributed by atoms with Crippen molar-refractivity contribution in [1.29, 1.82) is 0 Å². The first-order chi connectivity index (χ1) is 10.6. The molecule has 1 aromatic heterocycles. The van der Waals surface area contributed by atoms with Crippen LogP contribution in [0.1, 0.15) is 29.9 Å². The normalized spacial score (nSPS) is 12.2. The van der Waals surface area contributed by atoms with Gasteiger partial charge < -0.3 is 11.1 Å². The summed E-state index contributed by atoms with van der Waals surface area (Å²) in [4.78, 5) is 12.3. The Balaban J connectivity index is 2.23. The summed E-state index contributed by atoms with van der Waals surface area (Å²) in [6.07, 6.45) is 2.19. The van der Waals surface area contributed by atoms with Gasteiger partial charge in [0, 0.05) is 6.54 Å². The third-order valence-corrected chi connectivity index (χ3v) is 3.53. The van der Waals surface area contributed by atoms with Gasteiger partial charge in [-0.05, 0) is 43.1 Å². The molecule has 1 heterocycles. The van der Waals surface area contributed by atoms with E-state index in [2.05, 4.69) is 10.4 Å². The first-order valence-corrected chi connectivity index (χ1v) is 7.37. The molecule has 0 spiro atoms. The van der Waals surface area contributed by atoms with E-state index in [0.29, 0.717) is 25.1 Å². The van der Waals surface area contributed by atoms with Crippen LogP contribution in [0.25, 0.3) is 5.69 Å². The molecule has 1 unspecified atom stereocenters. The average Bonchev–Trinajstić information content (AvgIpc) is 2.96. The molecule has 0 aliphatic heterocycles. The van der Waals surface area contributed by atoms with Gasteiger partial charge in [-0.3, -0.25) is 4.79 Å².